The summed E-state index contributed by atoms with van der Waals surface area (Å²) in [5, 5.41) is 1.14. The Kier molecular flexibility index (Phi) is 8.96. The van der Waals surface area contributed by atoms with E-state index in [1.807, 2.05) is 4.90 Å². The number of hydrogen-bond acceptors (Lipinski definition) is 6. The fourth-order valence-electron chi connectivity index (χ4n) is 4.25. The SMILES string of the molecule is CCN(CC)CCCC(=S)Cc1ccc2nc(N3CCN(C(=O)[C@H](C)N)CC3)ccc2c1. The topological polar surface area (TPSA) is 65.7 Å². The highest BCUT2D eigenvalue weighted by Gasteiger charge is 2.23. The van der Waals surface area contributed by atoms with E-state index in [4.69, 9.17) is 22.9 Å². The van der Waals surface area contributed by atoms with Crippen LogP contribution < -0.4 is 10.6 Å². The lowest BCUT2D eigenvalue weighted by atomic mass is 10.0. The van der Waals surface area contributed by atoms with Crippen LogP contribution in [-0.2, 0) is 11.2 Å². The number of rotatable bonds is 10. The molecule has 174 valence electrons. The predicted molar refractivity (Wildman–Crippen MR) is 138 cm³/mol. The van der Waals surface area contributed by atoms with Crippen LogP contribution in [0.4, 0.5) is 5.82 Å². The van der Waals surface area contributed by atoms with E-state index in [2.05, 4.69) is 54.0 Å². The fraction of sp³-hybridized carbons (Fsp3) is 0.560. The average Bonchev–Trinajstić information content (AvgIpc) is 2.81. The molecule has 1 atom stereocenters. The van der Waals surface area contributed by atoms with E-state index >= 15 is 0 Å². The minimum Gasteiger partial charge on any atom is -0.353 e. The summed E-state index contributed by atoms with van der Waals surface area (Å²) in [5.74, 6) is 0.986. The van der Waals surface area contributed by atoms with Gasteiger partial charge in [-0.2, -0.15) is 0 Å². The minimum absolute atomic E-state index is 0.0228. The molecule has 2 aromatic rings. The largest absolute Gasteiger partial charge is 0.353 e. The van der Waals surface area contributed by atoms with E-state index in [9.17, 15) is 4.79 Å². The number of thiocarbonyl (C=S) groups is 1. The minimum atomic E-state index is -0.440. The molecule has 1 aromatic heterocycles. The van der Waals surface area contributed by atoms with E-state index in [1.54, 1.807) is 6.92 Å². The Balaban J connectivity index is 1.56. The third-order valence-electron chi connectivity index (χ3n) is 6.27. The van der Waals surface area contributed by atoms with Crippen LogP contribution >= 0.6 is 12.2 Å². The van der Waals surface area contributed by atoms with Crippen LogP contribution in [0.3, 0.4) is 0 Å². The molecule has 0 radical (unpaired) electrons. The summed E-state index contributed by atoms with van der Waals surface area (Å²) in [7, 11) is 0. The maximum absolute atomic E-state index is 12.1. The van der Waals surface area contributed by atoms with Crippen molar-refractivity contribution < 1.29 is 4.79 Å². The number of amides is 1. The van der Waals surface area contributed by atoms with Crippen molar-refractivity contribution in [3.8, 4) is 0 Å². The van der Waals surface area contributed by atoms with Crippen molar-refractivity contribution in [2.24, 2.45) is 5.73 Å². The summed E-state index contributed by atoms with van der Waals surface area (Å²) in [5.41, 5.74) is 7.98. The molecule has 0 aliphatic carbocycles. The van der Waals surface area contributed by atoms with Crippen molar-refractivity contribution in [3.05, 3.63) is 35.9 Å². The molecule has 7 heteroatoms. The number of piperazine rings is 1. The molecule has 1 aliphatic heterocycles. The molecule has 0 saturated carbocycles. The van der Waals surface area contributed by atoms with Crippen LogP contribution in [0, 0.1) is 0 Å². The molecule has 2 N–H and O–H groups in total. The highest BCUT2D eigenvalue weighted by Crippen LogP contribution is 2.21. The molecular weight excluding hydrogens is 418 g/mol. The first-order valence-corrected chi connectivity index (χ1v) is 12.2. The number of fused-ring (bicyclic) bond motifs is 1. The molecule has 1 amide bonds. The highest BCUT2D eigenvalue weighted by molar-refractivity contribution is 7.80. The first-order valence-electron chi connectivity index (χ1n) is 11.8. The van der Waals surface area contributed by atoms with Gasteiger partial charge >= 0.3 is 0 Å². The summed E-state index contributed by atoms with van der Waals surface area (Å²) in [6, 6.07) is 10.2. The summed E-state index contributed by atoms with van der Waals surface area (Å²) >= 11 is 5.66. The number of nitrogens with two attached hydrogens (primary N) is 1. The second-order valence-electron chi connectivity index (χ2n) is 8.64. The maximum atomic E-state index is 12.1. The maximum Gasteiger partial charge on any atom is 0.239 e. The van der Waals surface area contributed by atoms with Crippen molar-refractivity contribution in [1.82, 2.24) is 14.8 Å². The van der Waals surface area contributed by atoms with Crippen molar-refractivity contribution in [1.29, 1.82) is 0 Å². The van der Waals surface area contributed by atoms with Gasteiger partial charge in [0.1, 0.15) is 5.82 Å². The third kappa shape index (κ3) is 6.47. The zero-order valence-corrected chi connectivity index (χ0v) is 20.5. The molecule has 1 aromatic carbocycles. The number of anilines is 1. The number of pyridine rings is 1. The number of carbonyl (C=O) groups is 1. The molecule has 6 nitrogen and oxygen atoms in total. The van der Waals surface area contributed by atoms with Crippen molar-refractivity contribution in [2.45, 2.75) is 46.1 Å². The van der Waals surface area contributed by atoms with Gasteiger partial charge in [-0.25, -0.2) is 4.98 Å². The number of carbonyl (C=O) groups excluding carboxylic acids is 1. The van der Waals surface area contributed by atoms with Crippen LogP contribution in [0.25, 0.3) is 10.9 Å². The van der Waals surface area contributed by atoms with Crippen LogP contribution in [0.15, 0.2) is 30.3 Å². The van der Waals surface area contributed by atoms with Crippen LogP contribution in [0.2, 0.25) is 0 Å². The lowest BCUT2D eigenvalue weighted by Crippen LogP contribution is -2.52. The predicted octanol–water partition coefficient (Wildman–Crippen LogP) is 3.27. The van der Waals surface area contributed by atoms with Gasteiger partial charge in [0.15, 0.2) is 0 Å². The third-order valence-corrected chi connectivity index (χ3v) is 6.62. The molecule has 0 spiro atoms. The van der Waals surface area contributed by atoms with E-state index in [0.29, 0.717) is 13.1 Å². The Labute approximate surface area is 197 Å². The van der Waals surface area contributed by atoms with E-state index in [1.165, 1.54) is 5.56 Å². The van der Waals surface area contributed by atoms with E-state index in [-0.39, 0.29) is 5.91 Å². The molecule has 1 saturated heterocycles. The summed E-state index contributed by atoms with van der Waals surface area (Å²) < 4.78 is 0. The van der Waals surface area contributed by atoms with Gasteiger partial charge in [0.25, 0.3) is 0 Å². The quantitative estimate of drug-likeness (QED) is 0.555. The van der Waals surface area contributed by atoms with Crippen molar-refractivity contribution in [2.75, 3.05) is 50.7 Å². The second kappa shape index (κ2) is 11.7. The van der Waals surface area contributed by atoms with Gasteiger partial charge in [-0.15, -0.1) is 0 Å². The first kappa shape index (κ1) is 24.6. The molecule has 0 unspecified atom stereocenters. The molecule has 1 aliphatic rings. The normalized spacial score (nSPS) is 15.4. The molecule has 3 rings (SSSR count). The summed E-state index contributed by atoms with van der Waals surface area (Å²) in [4.78, 5) is 24.6. The van der Waals surface area contributed by atoms with Crippen LogP contribution in [0.5, 0.6) is 0 Å². The summed E-state index contributed by atoms with van der Waals surface area (Å²) in [6.45, 7) is 12.4. The first-order chi connectivity index (χ1) is 15.4. The van der Waals surface area contributed by atoms with E-state index < -0.39 is 6.04 Å². The molecular formula is C25H37N5OS. The Bertz CT molecular complexity index is 920. The van der Waals surface area contributed by atoms with E-state index in [0.717, 1.165) is 73.6 Å². The zero-order valence-electron chi connectivity index (χ0n) is 19.7. The zero-order chi connectivity index (χ0) is 23.1. The lowest BCUT2D eigenvalue weighted by Gasteiger charge is -2.36. The summed E-state index contributed by atoms with van der Waals surface area (Å²) in [6.07, 6.45) is 2.97. The molecule has 1 fully saturated rings. The van der Waals surface area contributed by atoms with Crippen LogP contribution in [0.1, 0.15) is 39.2 Å². The van der Waals surface area contributed by atoms with Crippen molar-refractivity contribution in [3.63, 3.8) is 0 Å². The van der Waals surface area contributed by atoms with Crippen LogP contribution in [-0.4, -0.2) is 77.4 Å². The van der Waals surface area contributed by atoms with Gasteiger partial charge < -0.3 is 20.4 Å². The Morgan fingerprint density at radius 3 is 2.53 bits per heavy atom. The number of benzene rings is 1. The molecule has 2 heterocycles. The number of aromatic nitrogens is 1. The fourth-order valence-corrected chi connectivity index (χ4v) is 4.56. The number of hydrogen-bond donors (Lipinski definition) is 1. The average molecular weight is 456 g/mol. The van der Waals surface area contributed by atoms with Gasteiger partial charge in [-0.05, 0) is 74.1 Å². The Morgan fingerprint density at radius 1 is 1.16 bits per heavy atom. The Hall–Kier alpha value is -2.09. The van der Waals surface area contributed by atoms with Gasteiger partial charge in [0.05, 0.1) is 11.6 Å². The second-order valence-corrected chi connectivity index (χ2v) is 9.22. The molecule has 32 heavy (non-hydrogen) atoms. The smallest absolute Gasteiger partial charge is 0.239 e. The monoisotopic (exact) mass is 455 g/mol. The number of nitrogens with zero attached hydrogens (tertiary/aromatic N) is 4. The standard InChI is InChI=1S/C25H37N5OS/c1-4-28(5-2)12-6-7-22(32)18-20-8-10-23-21(17-20)9-11-24(27-23)29-13-15-30(16-14-29)25(31)19(3)26/h8-11,17,19H,4-7,12-16,18,26H2,1-3H3/t19-/m0/s1. The van der Waals surface area contributed by atoms with Gasteiger partial charge in [-0.3, -0.25) is 4.79 Å². The van der Waals surface area contributed by atoms with Gasteiger partial charge in [0.2, 0.25) is 5.91 Å². The highest BCUT2D eigenvalue weighted by atomic mass is 32.1. The lowest BCUT2D eigenvalue weighted by molar-refractivity contribution is -0.132. The Morgan fingerprint density at radius 2 is 1.88 bits per heavy atom. The molecule has 0 bridgehead atoms. The van der Waals surface area contributed by atoms with Gasteiger partial charge in [-0.1, -0.05) is 32.1 Å². The van der Waals surface area contributed by atoms with Gasteiger partial charge in [0, 0.05) is 38.0 Å². The van der Waals surface area contributed by atoms with Crippen molar-refractivity contribution >= 4 is 39.7 Å².